The van der Waals surface area contributed by atoms with Crippen LogP contribution in [0.5, 0.6) is 0 Å². The van der Waals surface area contributed by atoms with Gasteiger partial charge in [-0.15, -0.1) is 0 Å². The van der Waals surface area contributed by atoms with Crippen molar-refractivity contribution in [3.8, 4) is 0 Å². The van der Waals surface area contributed by atoms with Gasteiger partial charge in [0, 0.05) is 0 Å². The van der Waals surface area contributed by atoms with Gasteiger partial charge in [0.05, 0.1) is 25.7 Å². The Balaban J connectivity index is 1.14. The highest BCUT2D eigenvalue weighted by Crippen LogP contribution is 2.68. The van der Waals surface area contributed by atoms with E-state index in [1.807, 2.05) is 0 Å². The molecule has 0 aromatic rings. The topological polar surface area (TPSA) is 158 Å². The summed E-state index contributed by atoms with van der Waals surface area (Å²) in [6, 6.07) is 0. The fraction of sp³-hybridized carbons (Fsp3) is 0.812. The smallest absolute Gasteiger partial charge is 0.344 e. The van der Waals surface area contributed by atoms with Crippen molar-refractivity contribution in [3.63, 3.8) is 0 Å². The zero-order valence-corrected chi connectivity index (χ0v) is 26.6. The number of hydrogen-bond acceptors (Lipinski definition) is 12. The van der Waals surface area contributed by atoms with Crippen LogP contribution in [-0.4, -0.2) is 72.4 Å². The molecule has 0 heterocycles. The van der Waals surface area contributed by atoms with Crippen molar-refractivity contribution in [1.29, 1.82) is 0 Å². The van der Waals surface area contributed by atoms with Crippen molar-refractivity contribution in [2.24, 2.45) is 35.5 Å². The molecule has 0 aliphatic heterocycles. The van der Waals surface area contributed by atoms with Gasteiger partial charge in [0.1, 0.15) is 23.4 Å². The normalized spacial score (nSPS) is 29.9. The van der Waals surface area contributed by atoms with E-state index in [1.165, 1.54) is 0 Å². The average Bonchev–Trinajstić information content (AvgIpc) is 3.66. The van der Waals surface area contributed by atoms with Crippen molar-refractivity contribution in [2.45, 2.75) is 116 Å². The molecule has 4 fully saturated rings. The maximum absolute atomic E-state index is 12.5. The Hall–Kier alpha value is -3.18. The molecule has 0 spiro atoms. The number of rotatable bonds is 12. The molecule has 0 radical (unpaired) electrons. The highest BCUT2D eigenvalue weighted by Gasteiger charge is 2.66. The van der Waals surface area contributed by atoms with Gasteiger partial charge in [-0.25, -0.2) is 9.59 Å². The predicted octanol–water partition coefficient (Wildman–Crippen LogP) is 3.45. The van der Waals surface area contributed by atoms with Gasteiger partial charge in [-0.05, 0) is 103 Å². The number of carbonyl (C=O) groups excluding carboxylic acids is 6. The lowest BCUT2D eigenvalue weighted by atomic mass is 9.69. The summed E-state index contributed by atoms with van der Waals surface area (Å²) >= 11 is 0. The highest BCUT2D eigenvalue weighted by atomic mass is 16.6. The summed E-state index contributed by atoms with van der Waals surface area (Å²) in [7, 11) is 0. The predicted molar refractivity (Wildman–Crippen MR) is 151 cm³/mol. The van der Waals surface area contributed by atoms with E-state index in [0.717, 1.165) is 25.7 Å². The van der Waals surface area contributed by atoms with Gasteiger partial charge < -0.3 is 28.4 Å². The first kappa shape index (κ1) is 33.7. The van der Waals surface area contributed by atoms with Crippen LogP contribution in [-0.2, 0) is 57.2 Å². The average molecular weight is 623 g/mol. The van der Waals surface area contributed by atoms with Crippen LogP contribution in [0.25, 0.3) is 0 Å². The maximum atomic E-state index is 12.5. The van der Waals surface area contributed by atoms with Crippen molar-refractivity contribution in [1.82, 2.24) is 0 Å². The van der Waals surface area contributed by atoms with Crippen LogP contribution in [0.15, 0.2) is 0 Å². The third-order valence-corrected chi connectivity index (χ3v) is 8.87. The van der Waals surface area contributed by atoms with Gasteiger partial charge in [-0.2, -0.15) is 0 Å². The molecule has 0 N–H and O–H groups in total. The van der Waals surface area contributed by atoms with Gasteiger partial charge in [0.15, 0.2) is 13.2 Å². The monoisotopic (exact) mass is 622 g/mol. The lowest BCUT2D eigenvalue weighted by molar-refractivity contribution is -0.168. The minimum absolute atomic E-state index is 0.117. The van der Waals surface area contributed by atoms with Gasteiger partial charge >= 0.3 is 35.8 Å². The molecule has 4 aliphatic rings. The Kier molecular flexibility index (Phi) is 10.3. The van der Waals surface area contributed by atoms with Crippen molar-refractivity contribution < 1.29 is 57.2 Å². The Morgan fingerprint density at radius 1 is 0.500 bits per heavy atom. The largest absolute Gasteiger partial charge is 0.462 e. The SMILES string of the molecule is CC(C)(C)OC(=O)COC(=O)CCC(=O)OC1CC2CC1C1C3CC(OC(=O)CCC(=O)OCC(=O)OC(C)(C)C)C(C3)C21. The van der Waals surface area contributed by atoms with Crippen LogP contribution in [0, 0.1) is 35.5 Å². The lowest BCUT2D eigenvalue weighted by Crippen LogP contribution is -2.42. The summed E-state index contributed by atoms with van der Waals surface area (Å²) in [6.07, 6.45) is 2.52. The molecule has 8 unspecified atom stereocenters. The number of hydrogen-bond donors (Lipinski definition) is 0. The minimum Gasteiger partial charge on any atom is -0.462 e. The van der Waals surface area contributed by atoms with E-state index in [1.54, 1.807) is 41.5 Å². The number of esters is 6. The molecule has 4 rings (SSSR count). The summed E-state index contributed by atoms with van der Waals surface area (Å²) in [6.45, 7) is 9.30. The van der Waals surface area contributed by atoms with E-state index in [-0.39, 0.29) is 49.7 Å². The summed E-state index contributed by atoms with van der Waals surface area (Å²) in [5.41, 5.74) is -1.36. The van der Waals surface area contributed by atoms with Crippen LogP contribution in [0.4, 0.5) is 0 Å². The molecule has 44 heavy (non-hydrogen) atoms. The van der Waals surface area contributed by atoms with Gasteiger partial charge in [0.2, 0.25) is 0 Å². The van der Waals surface area contributed by atoms with Gasteiger partial charge in [0.25, 0.3) is 0 Å². The Labute approximate surface area is 258 Å². The first-order valence-electron chi connectivity index (χ1n) is 15.6. The molecule has 12 heteroatoms. The van der Waals surface area contributed by atoms with E-state index in [4.69, 9.17) is 28.4 Å². The molecular formula is C32H46O12. The van der Waals surface area contributed by atoms with Crippen LogP contribution in [0.2, 0.25) is 0 Å². The zero-order chi connectivity index (χ0) is 32.4. The van der Waals surface area contributed by atoms with Crippen molar-refractivity contribution in [2.75, 3.05) is 13.2 Å². The van der Waals surface area contributed by atoms with Crippen LogP contribution < -0.4 is 0 Å². The van der Waals surface area contributed by atoms with Gasteiger partial charge in [-0.1, -0.05) is 0 Å². The standard InChI is InChI=1S/C32H46O12/c1-31(2,3)43-27(37)15-39-23(33)7-9-25(35)41-21-13-17-11-19(21)29-18-12-20(30(17)29)22(14-18)42-26(36)10-8-24(34)40-16-28(38)44-32(4,5)6/h17-22,29-30H,7-16H2,1-6H3. The summed E-state index contributed by atoms with van der Waals surface area (Å²) in [5, 5.41) is 0. The second-order valence-electron chi connectivity index (χ2n) is 14.5. The van der Waals surface area contributed by atoms with Crippen LogP contribution in [0.1, 0.15) is 92.9 Å². The van der Waals surface area contributed by atoms with E-state index in [0.29, 0.717) is 23.7 Å². The third-order valence-electron chi connectivity index (χ3n) is 8.87. The first-order valence-corrected chi connectivity index (χ1v) is 15.6. The quantitative estimate of drug-likeness (QED) is 0.178. The molecular weight excluding hydrogens is 576 g/mol. The number of carbonyl (C=O) groups is 6. The molecule has 4 bridgehead atoms. The first-order chi connectivity index (χ1) is 20.5. The number of fused-ring (bicyclic) bond motifs is 9. The summed E-state index contributed by atoms with van der Waals surface area (Å²) in [5.74, 6) is -1.36. The Bertz CT molecular complexity index is 1040. The van der Waals surface area contributed by atoms with E-state index < -0.39 is 60.2 Å². The van der Waals surface area contributed by atoms with E-state index in [9.17, 15) is 28.8 Å². The molecule has 0 aromatic carbocycles. The van der Waals surface area contributed by atoms with Crippen LogP contribution in [0.3, 0.4) is 0 Å². The van der Waals surface area contributed by atoms with Crippen molar-refractivity contribution in [3.05, 3.63) is 0 Å². The molecule has 12 nitrogen and oxygen atoms in total. The second kappa shape index (κ2) is 13.4. The van der Waals surface area contributed by atoms with Gasteiger partial charge in [-0.3, -0.25) is 19.2 Å². The molecule has 8 atom stereocenters. The van der Waals surface area contributed by atoms with E-state index >= 15 is 0 Å². The molecule has 4 aliphatic carbocycles. The summed E-state index contributed by atoms with van der Waals surface area (Å²) in [4.78, 5) is 72.4. The molecule has 4 saturated carbocycles. The maximum Gasteiger partial charge on any atom is 0.344 e. The Morgan fingerprint density at radius 2 is 0.841 bits per heavy atom. The third kappa shape index (κ3) is 8.94. The molecule has 0 saturated heterocycles. The van der Waals surface area contributed by atoms with Crippen molar-refractivity contribution >= 4 is 35.8 Å². The highest BCUT2D eigenvalue weighted by molar-refractivity contribution is 5.81. The minimum atomic E-state index is -0.679. The van der Waals surface area contributed by atoms with E-state index in [2.05, 4.69) is 0 Å². The second-order valence-corrected chi connectivity index (χ2v) is 14.5. The fourth-order valence-electron chi connectivity index (χ4n) is 7.78. The lowest BCUT2D eigenvalue weighted by Gasteiger charge is -2.40. The zero-order valence-electron chi connectivity index (χ0n) is 26.6. The van der Waals surface area contributed by atoms with Crippen LogP contribution >= 0.6 is 0 Å². The molecule has 246 valence electrons. The molecule has 0 amide bonds. The summed E-state index contributed by atoms with van der Waals surface area (Å²) < 4.78 is 31.6. The molecule has 0 aromatic heterocycles. The Morgan fingerprint density at radius 3 is 1.18 bits per heavy atom. The fourth-order valence-corrected chi connectivity index (χ4v) is 7.78. The number of ether oxygens (including phenoxy) is 6.